The Morgan fingerprint density at radius 2 is 2.08 bits per heavy atom. The Labute approximate surface area is 81.3 Å². The van der Waals surface area contributed by atoms with Crippen LogP contribution in [0.15, 0.2) is 0 Å². The van der Waals surface area contributed by atoms with E-state index in [1.54, 1.807) is 11.8 Å². The average Bonchev–Trinajstić information content (AvgIpc) is 2.02. The Hall–Kier alpha value is -0.300. The molecule has 0 aromatic rings. The van der Waals surface area contributed by atoms with Gasteiger partial charge in [-0.3, -0.25) is 15.2 Å². The number of hydrogen-bond acceptors (Lipinski definition) is 5. The average molecular weight is 209 g/mol. The summed E-state index contributed by atoms with van der Waals surface area (Å²) in [5, 5.41) is 25.4. The molecular weight excluding hydrogens is 194 g/mol. The van der Waals surface area contributed by atoms with E-state index in [0.717, 1.165) is 12.2 Å². The van der Waals surface area contributed by atoms with Gasteiger partial charge in [0.2, 0.25) is 0 Å². The largest absolute Gasteiger partial charge is 0.480 e. The third-order valence-electron chi connectivity index (χ3n) is 1.64. The fraction of sp³-hybridized carbons (Fsp3) is 0.857. The van der Waals surface area contributed by atoms with Crippen LogP contribution >= 0.6 is 11.8 Å². The first-order valence-electron chi connectivity index (χ1n) is 3.98. The number of carboxylic acids is 1. The van der Waals surface area contributed by atoms with Gasteiger partial charge >= 0.3 is 5.97 Å². The Morgan fingerprint density at radius 3 is 2.46 bits per heavy atom. The van der Waals surface area contributed by atoms with Gasteiger partial charge in [-0.25, -0.2) is 0 Å². The van der Waals surface area contributed by atoms with Gasteiger partial charge in [-0.15, -0.1) is 0 Å². The van der Waals surface area contributed by atoms with E-state index >= 15 is 0 Å². The predicted molar refractivity (Wildman–Crippen MR) is 49.1 cm³/mol. The lowest BCUT2D eigenvalue weighted by Crippen LogP contribution is -2.36. The standard InChI is InChI=1S/C7H15NO4S/c1-13-5-3-2-4-6(7(9)10)8(11)12/h6,11-12H,2-5H2,1H3,(H,9,10)/t6-/m0/s1. The molecule has 0 saturated carbocycles. The van der Waals surface area contributed by atoms with Crippen LogP contribution in [0.5, 0.6) is 0 Å². The van der Waals surface area contributed by atoms with E-state index < -0.39 is 12.0 Å². The highest BCUT2D eigenvalue weighted by Gasteiger charge is 2.22. The summed E-state index contributed by atoms with van der Waals surface area (Å²) in [5.41, 5.74) is 0. The number of carbonyl (C=O) groups is 1. The molecule has 13 heavy (non-hydrogen) atoms. The van der Waals surface area contributed by atoms with Gasteiger partial charge in [-0.05, 0) is 24.9 Å². The number of hydrogen-bond donors (Lipinski definition) is 3. The van der Waals surface area contributed by atoms with Crippen LogP contribution < -0.4 is 0 Å². The Kier molecular flexibility index (Phi) is 6.97. The van der Waals surface area contributed by atoms with Crippen LogP contribution in [0.1, 0.15) is 19.3 Å². The Morgan fingerprint density at radius 1 is 1.46 bits per heavy atom. The lowest BCUT2D eigenvalue weighted by Gasteiger charge is -2.15. The molecule has 0 rings (SSSR count). The van der Waals surface area contributed by atoms with Crippen molar-refractivity contribution in [1.29, 1.82) is 0 Å². The SMILES string of the molecule is CSCCCC[C@@H](C(=O)O)N(O)O. The Balaban J connectivity index is 3.64. The topological polar surface area (TPSA) is 81.0 Å². The number of rotatable bonds is 7. The van der Waals surface area contributed by atoms with E-state index in [1.807, 2.05) is 6.26 Å². The molecule has 5 nitrogen and oxygen atoms in total. The van der Waals surface area contributed by atoms with Crippen molar-refractivity contribution in [2.24, 2.45) is 0 Å². The van der Waals surface area contributed by atoms with E-state index in [2.05, 4.69) is 0 Å². The third-order valence-corrected chi connectivity index (χ3v) is 2.34. The van der Waals surface area contributed by atoms with E-state index in [0.29, 0.717) is 6.42 Å². The first-order chi connectivity index (χ1) is 6.09. The molecule has 0 spiro atoms. The van der Waals surface area contributed by atoms with Gasteiger partial charge in [0.15, 0.2) is 6.04 Å². The molecule has 0 aromatic carbocycles. The quantitative estimate of drug-likeness (QED) is 0.429. The van der Waals surface area contributed by atoms with Gasteiger partial charge in [0.25, 0.3) is 0 Å². The number of carboxylic acid groups (broad SMARTS) is 1. The number of hydroxylamine groups is 2. The number of nitrogens with zero attached hydrogens (tertiary/aromatic N) is 1. The monoisotopic (exact) mass is 209 g/mol. The highest BCUT2D eigenvalue weighted by atomic mass is 32.2. The van der Waals surface area contributed by atoms with Gasteiger partial charge in [-0.1, -0.05) is 11.6 Å². The van der Waals surface area contributed by atoms with Crippen LogP contribution in [0.2, 0.25) is 0 Å². The van der Waals surface area contributed by atoms with Crippen LogP contribution in [0, 0.1) is 0 Å². The zero-order valence-corrected chi connectivity index (χ0v) is 8.33. The predicted octanol–water partition coefficient (Wildman–Crippen LogP) is 1.05. The van der Waals surface area contributed by atoms with Crippen molar-refractivity contribution >= 4 is 17.7 Å². The molecule has 0 radical (unpaired) electrons. The molecule has 0 aliphatic rings. The van der Waals surface area contributed by atoms with Gasteiger partial charge in [-0.2, -0.15) is 11.8 Å². The maximum atomic E-state index is 10.4. The Bertz CT molecular complexity index is 153. The number of aliphatic carboxylic acids is 1. The van der Waals surface area contributed by atoms with Crippen molar-refractivity contribution in [3.8, 4) is 0 Å². The molecule has 0 amide bonds. The number of thioether (sulfide) groups is 1. The molecule has 0 heterocycles. The summed E-state index contributed by atoms with van der Waals surface area (Å²) in [6.07, 6.45) is 3.79. The van der Waals surface area contributed by atoms with Crippen molar-refractivity contribution < 1.29 is 20.3 Å². The molecule has 1 atom stereocenters. The molecule has 0 aliphatic carbocycles. The fourth-order valence-electron chi connectivity index (χ4n) is 0.922. The van der Waals surface area contributed by atoms with E-state index in [1.165, 1.54) is 0 Å². The van der Waals surface area contributed by atoms with Gasteiger partial charge < -0.3 is 5.11 Å². The molecule has 0 bridgehead atoms. The van der Waals surface area contributed by atoms with Crippen molar-refractivity contribution in [1.82, 2.24) is 5.23 Å². The molecule has 0 saturated heterocycles. The summed E-state index contributed by atoms with van der Waals surface area (Å²) in [6.45, 7) is 0. The van der Waals surface area contributed by atoms with Crippen molar-refractivity contribution in [2.75, 3.05) is 12.0 Å². The molecule has 0 aromatic heterocycles. The van der Waals surface area contributed by atoms with Crippen LogP contribution in [0.3, 0.4) is 0 Å². The van der Waals surface area contributed by atoms with E-state index in [-0.39, 0.29) is 11.6 Å². The highest BCUT2D eigenvalue weighted by molar-refractivity contribution is 7.98. The minimum atomic E-state index is -1.21. The van der Waals surface area contributed by atoms with Crippen LogP contribution in [-0.2, 0) is 4.79 Å². The summed E-state index contributed by atoms with van der Waals surface area (Å²) >= 11 is 1.68. The molecule has 0 aliphatic heterocycles. The fourth-order valence-corrected chi connectivity index (χ4v) is 1.41. The van der Waals surface area contributed by atoms with Crippen LogP contribution in [0.25, 0.3) is 0 Å². The molecular formula is C7H15NO4S. The summed E-state index contributed by atoms with van der Waals surface area (Å²) in [7, 11) is 0. The normalized spacial score (nSPS) is 13.2. The molecule has 78 valence electrons. The maximum absolute atomic E-state index is 10.4. The summed E-state index contributed by atoms with van der Waals surface area (Å²) in [4.78, 5) is 10.4. The van der Waals surface area contributed by atoms with Crippen LogP contribution in [0.4, 0.5) is 0 Å². The zero-order chi connectivity index (χ0) is 10.3. The molecule has 6 heteroatoms. The van der Waals surface area contributed by atoms with E-state index in [4.69, 9.17) is 15.5 Å². The van der Waals surface area contributed by atoms with Gasteiger partial charge in [0.1, 0.15) is 0 Å². The van der Waals surface area contributed by atoms with Crippen molar-refractivity contribution in [3.05, 3.63) is 0 Å². The molecule has 3 N–H and O–H groups in total. The molecule has 0 unspecified atom stereocenters. The second kappa shape index (κ2) is 7.14. The first-order valence-corrected chi connectivity index (χ1v) is 5.37. The van der Waals surface area contributed by atoms with Crippen molar-refractivity contribution in [2.45, 2.75) is 25.3 Å². The van der Waals surface area contributed by atoms with E-state index in [9.17, 15) is 4.79 Å². The summed E-state index contributed by atoms with van der Waals surface area (Å²) in [5.74, 6) is -0.252. The lowest BCUT2D eigenvalue weighted by molar-refractivity contribution is -0.328. The number of unbranched alkanes of at least 4 members (excludes halogenated alkanes) is 1. The molecule has 0 fully saturated rings. The lowest BCUT2D eigenvalue weighted by atomic mass is 10.1. The van der Waals surface area contributed by atoms with Gasteiger partial charge in [0.05, 0.1) is 0 Å². The zero-order valence-electron chi connectivity index (χ0n) is 7.51. The van der Waals surface area contributed by atoms with Crippen LogP contribution in [-0.4, -0.2) is 44.8 Å². The minimum Gasteiger partial charge on any atom is -0.480 e. The smallest absolute Gasteiger partial charge is 0.325 e. The second-order valence-electron chi connectivity index (χ2n) is 2.66. The maximum Gasteiger partial charge on any atom is 0.325 e. The third kappa shape index (κ3) is 5.87. The summed E-state index contributed by atoms with van der Waals surface area (Å²) < 4.78 is 0. The van der Waals surface area contributed by atoms with Gasteiger partial charge in [0, 0.05) is 0 Å². The van der Waals surface area contributed by atoms with Crippen molar-refractivity contribution in [3.63, 3.8) is 0 Å². The second-order valence-corrected chi connectivity index (χ2v) is 3.65. The minimum absolute atomic E-state index is 0.235. The summed E-state index contributed by atoms with van der Waals surface area (Å²) in [6, 6.07) is -1.21. The highest BCUT2D eigenvalue weighted by Crippen LogP contribution is 2.08. The first kappa shape index (κ1) is 12.7.